The number of ether oxygens (including phenoxy) is 1. The SMILES string of the molecule is COC(=O)c1ccc(C=Nc2cccc(-c3nc4ccc(C)cc4o3)c2C)cc1. The second-order valence-electron chi connectivity index (χ2n) is 6.81. The fourth-order valence-electron chi connectivity index (χ4n) is 3.11. The molecule has 4 rings (SSSR count). The van der Waals surface area contributed by atoms with Gasteiger partial charge in [-0.25, -0.2) is 9.78 Å². The summed E-state index contributed by atoms with van der Waals surface area (Å²) >= 11 is 0. The third-order valence-corrected chi connectivity index (χ3v) is 4.76. The maximum Gasteiger partial charge on any atom is 0.337 e. The number of hydrogen-bond acceptors (Lipinski definition) is 5. The zero-order valence-electron chi connectivity index (χ0n) is 16.5. The smallest absolute Gasteiger partial charge is 0.337 e. The Morgan fingerprint density at radius 1 is 1.07 bits per heavy atom. The third-order valence-electron chi connectivity index (χ3n) is 4.76. The molecule has 0 aliphatic rings. The van der Waals surface area contributed by atoms with Crippen LogP contribution in [0.25, 0.3) is 22.6 Å². The molecule has 5 heteroatoms. The molecule has 0 radical (unpaired) electrons. The van der Waals surface area contributed by atoms with Crippen molar-refractivity contribution < 1.29 is 13.9 Å². The predicted molar refractivity (Wildman–Crippen MR) is 114 cm³/mol. The quantitative estimate of drug-likeness (QED) is 0.337. The van der Waals surface area contributed by atoms with Crippen LogP contribution in [0, 0.1) is 13.8 Å². The molecule has 0 saturated carbocycles. The van der Waals surface area contributed by atoms with Crippen LogP contribution in [0.15, 0.2) is 70.1 Å². The van der Waals surface area contributed by atoms with Gasteiger partial charge in [-0.15, -0.1) is 0 Å². The van der Waals surface area contributed by atoms with Crippen molar-refractivity contribution in [2.75, 3.05) is 7.11 Å². The van der Waals surface area contributed by atoms with E-state index in [-0.39, 0.29) is 5.97 Å². The highest BCUT2D eigenvalue weighted by atomic mass is 16.5. The third kappa shape index (κ3) is 3.80. The highest BCUT2D eigenvalue weighted by molar-refractivity contribution is 5.91. The van der Waals surface area contributed by atoms with Crippen molar-refractivity contribution in [3.8, 4) is 11.5 Å². The van der Waals surface area contributed by atoms with Gasteiger partial charge < -0.3 is 9.15 Å². The van der Waals surface area contributed by atoms with Crippen LogP contribution in [0.2, 0.25) is 0 Å². The Bertz CT molecular complexity index is 1220. The van der Waals surface area contributed by atoms with Crippen molar-refractivity contribution >= 4 is 29.0 Å². The molecular weight excluding hydrogens is 364 g/mol. The first-order valence-corrected chi connectivity index (χ1v) is 9.25. The number of aliphatic imine (C=N–C) groups is 1. The van der Waals surface area contributed by atoms with Crippen LogP contribution in [0.5, 0.6) is 0 Å². The van der Waals surface area contributed by atoms with E-state index in [0.717, 1.165) is 39.0 Å². The Kier molecular flexibility index (Phi) is 4.96. The minimum atomic E-state index is -0.356. The summed E-state index contributed by atoms with van der Waals surface area (Å²) in [4.78, 5) is 20.8. The summed E-state index contributed by atoms with van der Waals surface area (Å²) in [6.45, 7) is 4.03. The molecule has 0 atom stereocenters. The van der Waals surface area contributed by atoms with Crippen LogP contribution in [0.1, 0.15) is 27.0 Å². The van der Waals surface area contributed by atoms with Gasteiger partial charge >= 0.3 is 5.97 Å². The second kappa shape index (κ2) is 7.72. The van der Waals surface area contributed by atoms with E-state index in [1.165, 1.54) is 7.11 Å². The van der Waals surface area contributed by atoms with Gasteiger partial charge in [-0.05, 0) is 66.9 Å². The zero-order chi connectivity index (χ0) is 20.4. The average molecular weight is 384 g/mol. The van der Waals surface area contributed by atoms with E-state index in [1.54, 1.807) is 18.3 Å². The summed E-state index contributed by atoms with van der Waals surface area (Å²) in [5.74, 6) is 0.230. The number of hydrogen-bond donors (Lipinski definition) is 0. The molecule has 0 bridgehead atoms. The topological polar surface area (TPSA) is 64.7 Å². The number of methoxy groups -OCH3 is 1. The highest BCUT2D eigenvalue weighted by Gasteiger charge is 2.12. The zero-order valence-corrected chi connectivity index (χ0v) is 16.5. The van der Waals surface area contributed by atoms with Gasteiger partial charge in [-0.2, -0.15) is 0 Å². The van der Waals surface area contributed by atoms with Gasteiger partial charge in [0.15, 0.2) is 5.58 Å². The van der Waals surface area contributed by atoms with Crippen molar-refractivity contribution in [1.29, 1.82) is 0 Å². The van der Waals surface area contributed by atoms with Gasteiger partial charge in [0, 0.05) is 11.8 Å². The van der Waals surface area contributed by atoms with Gasteiger partial charge in [-0.1, -0.05) is 24.3 Å². The van der Waals surface area contributed by atoms with Crippen LogP contribution in [0.4, 0.5) is 5.69 Å². The molecule has 0 aliphatic carbocycles. The fourth-order valence-corrected chi connectivity index (χ4v) is 3.11. The van der Waals surface area contributed by atoms with Crippen LogP contribution in [0.3, 0.4) is 0 Å². The van der Waals surface area contributed by atoms with Crippen molar-refractivity contribution in [3.05, 3.63) is 82.9 Å². The summed E-state index contributed by atoms with van der Waals surface area (Å²) in [6, 6.07) is 18.9. The summed E-state index contributed by atoms with van der Waals surface area (Å²) < 4.78 is 10.7. The molecular formula is C24H20N2O3. The maximum absolute atomic E-state index is 11.5. The van der Waals surface area contributed by atoms with Crippen molar-refractivity contribution in [2.45, 2.75) is 13.8 Å². The standard InChI is InChI=1S/C24H20N2O3/c1-15-7-12-21-22(13-15)29-23(26-21)19-5-4-6-20(16(19)2)25-14-17-8-10-18(11-9-17)24(27)28-3/h4-14H,1-3H3. The Morgan fingerprint density at radius 2 is 1.86 bits per heavy atom. The first-order chi connectivity index (χ1) is 14.0. The Balaban J connectivity index is 1.63. The van der Waals surface area contributed by atoms with Crippen LogP contribution < -0.4 is 0 Å². The second-order valence-corrected chi connectivity index (χ2v) is 6.81. The van der Waals surface area contributed by atoms with Crippen LogP contribution >= 0.6 is 0 Å². The molecule has 0 unspecified atom stereocenters. The van der Waals surface area contributed by atoms with E-state index in [4.69, 9.17) is 9.15 Å². The first-order valence-electron chi connectivity index (χ1n) is 9.25. The molecule has 0 saturated heterocycles. The largest absolute Gasteiger partial charge is 0.465 e. The van der Waals surface area contributed by atoms with E-state index in [1.807, 2.05) is 62.4 Å². The number of oxazole rings is 1. The number of benzene rings is 3. The number of aryl methyl sites for hydroxylation is 1. The molecule has 0 N–H and O–H groups in total. The minimum absolute atomic E-state index is 0.356. The summed E-state index contributed by atoms with van der Waals surface area (Å²) in [7, 11) is 1.37. The van der Waals surface area contributed by atoms with E-state index in [9.17, 15) is 4.79 Å². The van der Waals surface area contributed by atoms with Crippen LogP contribution in [-0.2, 0) is 4.74 Å². The molecule has 5 nitrogen and oxygen atoms in total. The lowest BCUT2D eigenvalue weighted by atomic mass is 10.1. The van der Waals surface area contributed by atoms with Gasteiger partial charge in [0.05, 0.1) is 18.4 Å². The molecule has 4 aromatic rings. The van der Waals surface area contributed by atoms with Gasteiger partial charge in [0.2, 0.25) is 5.89 Å². The molecule has 1 aromatic heterocycles. The van der Waals surface area contributed by atoms with Crippen molar-refractivity contribution in [1.82, 2.24) is 4.98 Å². The number of rotatable bonds is 4. The molecule has 0 spiro atoms. The number of esters is 1. The van der Waals surface area contributed by atoms with E-state index >= 15 is 0 Å². The number of carbonyl (C=O) groups is 1. The molecule has 3 aromatic carbocycles. The van der Waals surface area contributed by atoms with Crippen LogP contribution in [-0.4, -0.2) is 24.3 Å². The molecule has 0 fully saturated rings. The molecule has 1 heterocycles. The summed E-state index contributed by atoms with van der Waals surface area (Å²) in [5, 5.41) is 0. The van der Waals surface area contributed by atoms with Crippen molar-refractivity contribution in [3.63, 3.8) is 0 Å². The lowest BCUT2D eigenvalue weighted by molar-refractivity contribution is 0.0600. The van der Waals surface area contributed by atoms with E-state index in [0.29, 0.717) is 11.5 Å². The predicted octanol–water partition coefficient (Wildman–Crippen LogP) is 5.65. The van der Waals surface area contributed by atoms with E-state index in [2.05, 4.69) is 9.98 Å². The first kappa shape index (κ1) is 18.6. The summed E-state index contributed by atoms with van der Waals surface area (Å²) in [6.07, 6.45) is 1.77. The Morgan fingerprint density at radius 3 is 2.62 bits per heavy atom. The number of nitrogens with zero attached hydrogens (tertiary/aromatic N) is 2. The van der Waals surface area contributed by atoms with E-state index < -0.39 is 0 Å². The lowest BCUT2D eigenvalue weighted by Gasteiger charge is -2.05. The van der Waals surface area contributed by atoms with Gasteiger partial charge in [0.25, 0.3) is 0 Å². The molecule has 0 amide bonds. The molecule has 29 heavy (non-hydrogen) atoms. The normalized spacial score (nSPS) is 11.3. The maximum atomic E-state index is 11.5. The minimum Gasteiger partial charge on any atom is -0.465 e. The fraction of sp³-hybridized carbons (Fsp3) is 0.125. The lowest BCUT2D eigenvalue weighted by Crippen LogP contribution is -2.00. The number of carbonyl (C=O) groups excluding carboxylic acids is 1. The average Bonchev–Trinajstić information content (AvgIpc) is 3.15. The van der Waals surface area contributed by atoms with Gasteiger partial charge in [-0.3, -0.25) is 4.99 Å². The van der Waals surface area contributed by atoms with Crippen molar-refractivity contribution in [2.24, 2.45) is 4.99 Å². The molecule has 0 aliphatic heterocycles. The summed E-state index contributed by atoms with van der Waals surface area (Å²) in [5.41, 5.74) is 6.87. The Hall–Kier alpha value is -3.73. The number of fused-ring (bicyclic) bond motifs is 1. The number of aromatic nitrogens is 1. The van der Waals surface area contributed by atoms with Gasteiger partial charge in [0.1, 0.15) is 5.52 Å². The Labute approximate surface area is 168 Å². The molecule has 144 valence electrons. The highest BCUT2D eigenvalue weighted by Crippen LogP contribution is 2.32. The monoisotopic (exact) mass is 384 g/mol.